The third-order valence-corrected chi connectivity index (χ3v) is 3.63. The quantitative estimate of drug-likeness (QED) is 0.760. The van der Waals surface area contributed by atoms with E-state index in [9.17, 15) is 0 Å². The molecule has 1 aromatic rings. The number of hydrogen-bond donors (Lipinski definition) is 0. The number of piperidine rings is 1. The Labute approximate surface area is 102 Å². The predicted molar refractivity (Wildman–Crippen MR) is 66.8 cm³/mol. The minimum atomic E-state index is 0.436. The topological polar surface area (TPSA) is 29.0 Å². The van der Waals surface area contributed by atoms with E-state index >= 15 is 0 Å². The second-order valence-corrected chi connectivity index (χ2v) is 4.62. The van der Waals surface area contributed by atoms with Crippen molar-refractivity contribution in [3.8, 4) is 0 Å². The molecular formula is C12H18ClN3. The van der Waals surface area contributed by atoms with Gasteiger partial charge < -0.3 is 4.90 Å². The average molecular weight is 240 g/mol. The van der Waals surface area contributed by atoms with Gasteiger partial charge in [-0.25, -0.2) is 0 Å². The third-order valence-electron chi connectivity index (χ3n) is 3.36. The van der Waals surface area contributed by atoms with Crippen LogP contribution >= 0.6 is 11.6 Å². The van der Waals surface area contributed by atoms with E-state index in [1.165, 1.54) is 19.3 Å². The van der Waals surface area contributed by atoms with Gasteiger partial charge in [0.1, 0.15) is 0 Å². The minimum Gasteiger partial charge on any atom is -0.355 e. The normalized spacial score (nSPS) is 17.8. The van der Waals surface area contributed by atoms with Gasteiger partial charge in [0.05, 0.1) is 11.6 Å². The van der Waals surface area contributed by atoms with Crippen LogP contribution in [0.1, 0.15) is 31.9 Å². The largest absolute Gasteiger partial charge is 0.355 e. The van der Waals surface area contributed by atoms with Crippen molar-refractivity contribution in [3.05, 3.63) is 17.8 Å². The van der Waals surface area contributed by atoms with Crippen LogP contribution in [-0.2, 0) is 5.88 Å². The van der Waals surface area contributed by atoms with Crippen LogP contribution in [-0.4, -0.2) is 23.3 Å². The van der Waals surface area contributed by atoms with Crippen LogP contribution in [0.25, 0.3) is 0 Å². The zero-order valence-electron chi connectivity index (χ0n) is 9.69. The maximum atomic E-state index is 5.69. The smallest absolute Gasteiger partial charge is 0.151 e. The van der Waals surface area contributed by atoms with Gasteiger partial charge >= 0.3 is 0 Å². The summed E-state index contributed by atoms with van der Waals surface area (Å²) in [7, 11) is 0. The summed E-state index contributed by atoms with van der Waals surface area (Å²) >= 11 is 5.69. The molecule has 1 aromatic heterocycles. The van der Waals surface area contributed by atoms with E-state index in [0.29, 0.717) is 5.88 Å². The number of rotatable bonds is 3. The summed E-state index contributed by atoms with van der Waals surface area (Å²) < 4.78 is 0. The molecule has 0 atom stereocenters. The summed E-state index contributed by atoms with van der Waals surface area (Å²) in [6, 6.07) is 3.98. The molecule has 0 N–H and O–H groups in total. The predicted octanol–water partition coefficient (Wildman–Crippen LogP) is 2.84. The molecule has 1 aliphatic heterocycles. The van der Waals surface area contributed by atoms with Gasteiger partial charge in [0.25, 0.3) is 0 Å². The maximum absolute atomic E-state index is 5.69. The van der Waals surface area contributed by atoms with Gasteiger partial charge in [-0.2, -0.15) is 5.10 Å². The van der Waals surface area contributed by atoms with Gasteiger partial charge in [-0.05, 0) is 30.9 Å². The highest BCUT2D eigenvalue weighted by Gasteiger charge is 2.18. The first-order valence-corrected chi connectivity index (χ1v) is 6.50. The van der Waals surface area contributed by atoms with E-state index in [1.807, 2.05) is 12.1 Å². The van der Waals surface area contributed by atoms with Gasteiger partial charge in [0, 0.05) is 13.1 Å². The van der Waals surface area contributed by atoms with E-state index in [-0.39, 0.29) is 0 Å². The molecule has 0 bridgehead atoms. The Morgan fingerprint density at radius 2 is 2.06 bits per heavy atom. The van der Waals surface area contributed by atoms with Crippen LogP contribution in [0.2, 0.25) is 0 Å². The number of alkyl halides is 1. The minimum absolute atomic E-state index is 0.436. The summed E-state index contributed by atoms with van der Waals surface area (Å²) in [6.45, 7) is 4.48. The highest BCUT2D eigenvalue weighted by atomic mass is 35.5. The van der Waals surface area contributed by atoms with E-state index in [4.69, 9.17) is 11.6 Å². The van der Waals surface area contributed by atoms with Gasteiger partial charge in [0.15, 0.2) is 5.82 Å². The van der Waals surface area contributed by atoms with Crippen LogP contribution < -0.4 is 4.90 Å². The molecule has 0 aliphatic carbocycles. The number of nitrogens with zero attached hydrogens (tertiary/aromatic N) is 3. The summed E-state index contributed by atoms with van der Waals surface area (Å²) in [6.07, 6.45) is 3.84. The van der Waals surface area contributed by atoms with Crippen LogP contribution in [0.3, 0.4) is 0 Å². The fourth-order valence-corrected chi connectivity index (χ4v) is 2.31. The first-order chi connectivity index (χ1) is 7.83. The maximum Gasteiger partial charge on any atom is 0.151 e. The van der Waals surface area contributed by atoms with Crippen molar-refractivity contribution in [2.24, 2.45) is 5.92 Å². The van der Waals surface area contributed by atoms with E-state index in [2.05, 4.69) is 22.0 Å². The summed E-state index contributed by atoms with van der Waals surface area (Å²) in [5.74, 6) is 2.32. The Morgan fingerprint density at radius 3 is 2.56 bits per heavy atom. The molecule has 1 saturated heterocycles. The van der Waals surface area contributed by atoms with Crippen molar-refractivity contribution in [3.63, 3.8) is 0 Å². The molecule has 1 aliphatic rings. The molecule has 0 radical (unpaired) electrons. The molecule has 1 fully saturated rings. The Morgan fingerprint density at radius 1 is 1.31 bits per heavy atom. The Balaban J connectivity index is 1.97. The molecule has 0 aromatic carbocycles. The highest BCUT2D eigenvalue weighted by Crippen LogP contribution is 2.23. The lowest BCUT2D eigenvalue weighted by atomic mass is 9.94. The molecule has 3 nitrogen and oxygen atoms in total. The first-order valence-electron chi connectivity index (χ1n) is 5.97. The molecule has 0 saturated carbocycles. The van der Waals surface area contributed by atoms with Crippen molar-refractivity contribution in [1.82, 2.24) is 10.2 Å². The molecule has 2 rings (SSSR count). The van der Waals surface area contributed by atoms with Gasteiger partial charge in [-0.15, -0.1) is 16.7 Å². The lowest BCUT2D eigenvalue weighted by Crippen LogP contribution is -2.34. The van der Waals surface area contributed by atoms with Crippen molar-refractivity contribution in [1.29, 1.82) is 0 Å². The van der Waals surface area contributed by atoms with Crippen LogP contribution in [0.15, 0.2) is 12.1 Å². The molecule has 16 heavy (non-hydrogen) atoms. The second-order valence-electron chi connectivity index (χ2n) is 4.36. The number of halogens is 1. The molecule has 0 amide bonds. The summed E-state index contributed by atoms with van der Waals surface area (Å²) in [5, 5.41) is 8.30. The number of aromatic nitrogens is 2. The molecule has 4 heteroatoms. The van der Waals surface area contributed by atoms with Crippen molar-refractivity contribution in [2.45, 2.75) is 32.1 Å². The first kappa shape index (κ1) is 11.6. The van der Waals surface area contributed by atoms with Crippen LogP contribution in [0.5, 0.6) is 0 Å². The third kappa shape index (κ3) is 2.64. The fraction of sp³-hybridized carbons (Fsp3) is 0.667. The fourth-order valence-electron chi connectivity index (χ4n) is 2.16. The Bertz CT molecular complexity index is 318. The molecular weight excluding hydrogens is 222 g/mol. The van der Waals surface area contributed by atoms with Crippen LogP contribution in [0.4, 0.5) is 5.82 Å². The Hall–Kier alpha value is -0.830. The monoisotopic (exact) mass is 239 g/mol. The summed E-state index contributed by atoms with van der Waals surface area (Å²) in [4.78, 5) is 2.32. The summed E-state index contributed by atoms with van der Waals surface area (Å²) in [5.41, 5.74) is 0.842. The van der Waals surface area contributed by atoms with Gasteiger partial charge in [-0.3, -0.25) is 0 Å². The standard InChI is InChI=1S/C12H18ClN3/c1-2-10-5-7-16(8-6-10)12-4-3-11(9-13)14-15-12/h3-4,10H,2,5-9H2,1H3. The van der Waals surface area contributed by atoms with Gasteiger partial charge in [-0.1, -0.05) is 13.3 Å². The average Bonchev–Trinajstić information content (AvgIpc) is 2.39. The Kier molecular flexibility index (Phi) is 3.99. The number of hydrogen-bond acceptors (Lipinski definition) is 3. The number of anilines is 1. The zero-order chi connectivity index (χ0) is 11.4. The highest BCUT2D eigenvalue weighted by molar-refractivity contribution is 6.16. The molecule has 88 valence electrons. The SMILES string of the molecule is CCC1CCN(c2ccc(CCl)nn2)CC1. The van der Waals surface area contributed by atoms with E-state index < -0.39 is 0 Å². The lowest BCUT2D eigenvalue weighted by Gasteiger charge is -2.31. The lowest BCUT2D eigenvalue weighted by molar-refractivity contribution is 0.393. The van der Waals surface area contributed by atoms with Crippen molar-refractivity contribution >= 4 is 17.4 Å². The molecule has 0 unspecified atom stereocenters. The van der Waals surface area contributed by atoms with E-state index in [1.54, 1.807) is 0 Å². The molecule has 2 heterocycles. The van der Waals surface area contributed by atoms with Crippen LogP contribution in [0, 0.1) is 5.92 Å². The van der Waals surface area contributed by atoms with Crippen molar-refractivity contribution in [2.75, 3.05) is 18.0 Å². The van der Waals surface area contributed by atoms with Crippen molar-refractivity contribution < 1.29 is 0 Å². The second kappa shape index (κ2) is 5.48. The van der Waals surface area contributed by atoms with E-state index in [0.717, 1.165) is 30.5 Å². The zero-order valence-corrected chi connectivity index (χ0v) is 10.5. The van der Waals surface area contributed by atoms with Gasteiger partial charge in [0.2, 0.25) is 0 Å². The molecule has 0 spiro atoms.